The molecule has 1 N–H and O–H groups in total. The molecule has 0 aliphatic heterocycles. The SMILES string of the molecule is C/C(=N/NC(=O)Cc1cn2ccsc2n1)c1ccc(OC(F)F)cc1. The van der Waals surface area contributed by atoms with E-state index < -0.39 is 6.61 Å². The minimum Gasteiger partial charge on any atom is -0.435 e. The molecule has 0 saturated heterocycles. The van der Waals surface area contributed by atoms with E-state index >= 15 is 0 Å². The zero-order valence-electron chi connectivity index (χ0n) is 13.1. The number of alkyl halides is 2. The number of hydrogen-bond donors (Lipinski definition) is 1. The normalized spacial score (nSPS) is 11.9. The van der Waals surface area contributed by atoms with Crippen molar-refractivity contribution in [2.24, 2.45) is 5.10 Å². The van der Waals surface area contributed by atoms with E-state index in [9.17, 15) is 13.6 Å². The third kappa shape index (κ3) is 4.38. The summed E-state index contributed by atoms with van der Waals surface area (Å²) in [5, 5.41) is 5.93. The van der Waals surface area contributed by atoms with Crippen LogP contribution in [0.3, 0.4) is 0 Å². The second kappa shape index (κ2) is 7.39. The number of thiazole rings is 1. The molecule has 1 amide bonds. The van der Waals surface area contributed by atoms with Crippen LogP contribution in [0.1, 0.15) is 18.2 Å². The van der Waals surface area contributed by atoms with Crippen LogP contribution >= 0.6 is 11.3 Å². The molecule has 3 rings (SSSR count). The molecule has 1 aromatic carbocycles. The maximum absolute atomic E-state index is 12.1. The number of ether oxygens (including phenoxy) is 1. The summed E-state index contributed by atoms with van der Waals surface area (Å²) in [5.41, 5.74) is 4.35. The Morgan fingerprint density at radius 3 is 2.84 bits per heavy atom. The minimum absolute atomic E-state index is 0.0651. The summed E-state index contributed by atoms with van der Waals surface area (Å²) in [6, 6.07) is 6.01. The summed E-state index contributed by atoms with van der Waals surface area (Å²) in [7, 11) is 0. The van der Waals surface area contributed by atoms with Gasteiger partial charge in [0.05, 0.1) is 17.8 Å². The summed E-state index contributed by atoms with van der Waals surface area (Å²) in [4.78, 5) is 17.1. The first kappa shape index (κ1) is 17.0. The topological polar surface area (TPSA) is 68.0 Å². The molecule has 0 aliphatic carbocycles. The monoisotopic (exact) mass is 364 g/mol. The lowest BCUT2D eigenvalue weighted by molar-refractivity contribution is -0.120. The van der Waals surface area contributed by atoms with Gasteiger partial charge in [0.2, 0.25) is 5.91 Å². The number of carbonyl (C=O) groups is 1. The molecular weight excluding hydrogens is 350 g/mol. The lowest BCUT2D eigenvalue weighted by Crippen LogP contribution is -2.21. The van der Waals surface area contributed by atoms with E-state index in [2.05, 4.69) is 20.2 Å². The van der Waals surface area contributed by atoms with E-state index in [1.165, 1.54) is 23.5 Å². The van der Waals surface area contributed by atoms with E-state index in [0.29, 0.717) is 17.0 Å². The molecule has 0 bridgehead atoms. The molecule has 0 saturated carbocycles. The molecule has 2 aromatic heterocycles. The van der Waals surface area contributed by atoms with E-state index in [0.717, 1.165) is 4.96 Å². The van der Waals surface area contributed by atoms with Crippen molar-refractivity contribution >= 4 is 27.9 Å². The van der Waals surface area contributed by atoms with Crippen molar-refractivity contribution in [1.29, 1.82) is 0 Å². The molecule has 2 heterocycles. The average Bonchev–Trinajstić information content (AvgIpc) is 3.14. The molecular formula is C16H14F2N4O2S. The fraction of sp³-hybridized carbons (Fsp3) is 0.188. The van der Waals surface area contributed by atoms with Crippen LogP contribution in [0.25, 0.3) is 4.96 Å². The first-order chi connectivity index (χ1) is 12.0. The number of nitrogens with zero attached hydrogens (tertiary/aromatic N) is 3. The molecule has 9 heteroatoms. The van der Waals surface area contributed by atoms with Crippen LogP contribution in [0, 0.1) is 0 Å². The fourth-order valence-corrected chi connectivity index (χ4v) is 2.87. The number of nitrogens with one attached hydrogen (secondary N) is 1. The molecule has 0 fully saturated rings. The molecule has 0 unspecified atom stereocenters. The predicted molar refractivity (Wildman–Crippen MR) is 90.2 cm³/mol. The number of fused-ring (bicyclic) bond motifs is 1. The number of amides is 1. The summed E-state index contributed by atoms with van der Waals surface area (Å²) in [5.74, 6) is -0.224. The van der Waals surface area contributed by atoms with Gasteiger partial charge in [-0.3, -0.25) is 9.20 Å². The van der Waals surface area contributed by atoms with Crippen molar-refractivity contribution in [1.82, 2.24) is 14.8 Å². The van der Waals surface area contributed by atoms with Crippen LogP contribution < -0.4 is 10.2 Å². The van der Waals surface area contributed by atoms with Gasteiger partial charge in [-0.15, -0.1) is 11.3 Å². The van der Waals surface area contributed by atoms with Crippen molar-refractivity contribution in [3.63, 3.8) is 0 Å². The molecule has 130 valence electrons. The Morgan fingerprint density at radius 1 is 1.40 bits per heavy atom. The number of benzene rings is 1. The van der Waals surface area contributed by atoms with E-state index in [1.807, 2.05) is 16.0 Å². The van der Waals surface area contributed by atoms with Crippen molar-refractivity contribution < 1.29 is 18.3 Å². The average molecular weight is 364 g/mol. The Morgan fingerprint density at radius 2 is 2.16 bits per heavy atom. The van der Waals surface area contributed by atoms with Crippen LogP contribution in [-0.2, 0) is 11.2 Å². The molecule has 0 atom stereocenters. The molecule has 25 heavy (non-hydrogen) atoms. The van der Waals surface area contributed by atoms with Crippen LogP contribution in [0.2, 0.25) is 0 Å². The predicted octanol–water partition coefficient (Wildman–Crippen LogP) is 3.08. The number of rotatable bonds is 6. The maximum Gasteiger partial charge on any atom is 0.387 e. The second-order valence-corrected chi connectivity index (χ2v) is 6.01. The number of hydrazone groups is 1. The maximum atomic E-state index is 12.1. The fourth-order valence-electron chi connectivity index (χ4n) is 2.15. The molecule has 0 spiro atoms. The summed E-state index contributed by atoms with van der Waals surface area (Å²) >= 11 is 1.49. The first-order valence-corrected chi connectivity index (χ1v) is 8.18. The van der Waals surface area contributed by atoms with E-state index in [-0.39, 0.29) is 18.1 Å². The van der Waals surface area contributed by atoms with Crippen LogP contribution in [0.15, 0.2) is 47.1 Å². The highest BCUT2D eigenvalue weighted by Crippen LogP contribution is 2.15. The van der Waals surface area contributed by atoms with E-state index in [1.54, 1.807) is 25.3 Å². The zero-order chi connectivity index (χ0) is 17.8. The highest BCUT2D eigenvalue weighted by Gasteiger charge is 2.08. The standard InChI is InChI=1S/C16H14F2N4O2S/c1-10(11-2-4-13(5-3-11)24-15(17)18)20-21-14(23)8-12-9-22-6-7-25-16(22)19-12/h2-7,9,15H,8H2,1H3,(H,21,23)/b20-10-. The second-order valence-electron chi connectivity index (χ2n) is 5.14. The Balaban J connectivity index is 1.58. The van der Waals surface area contributed by atoms with Crippen molar-refractivity contribution in [2.45, 2.75) is 20.0 Å². The largest absolute Gasteiger partial charge is 0.435 e. The lowest BCUT2D eigenvalue weighted by Gasteiger charge is -2.06. The third-order valence-corrected chi connectivity index (χ3v) is 4.10. The van der Waals surface area contributed by atoms with Gasteiger partial charge in [0.25, 0.3) is 0 Å². The first-order valence-electron chi connectivity index (χ1n) is 7.31. The highest BCUT2D eigenvalue weighted by molar-refractivity contribution is 7.15. The molecule has 3 aromatic rings. The van der Waals surface area contributed by atoms with Crippen molar-refractivity contribution in [3.8, 4) is 5.75 Å². The lowest BCUT2D eigenvalue weighted by atomic mass is 10.1. The number of hydrogen-bond acceptors (Lipinski definition) is 5. The minimum atomic E-state index is -2.86. The Bertz CT molecular complexity index is 874. The van der Waals surface area contributed by atoms with Crippen molar-refractivity contribution in [3.05, 3.63) is 53.3 Å². The molecule has 0 radical (unpaired) electrons. The Hall–Kier alpha value is -2.81. The van der Waals surface area contributed by atoms with Gasteiger partial charge in [0, 0.05) is 17.8 Å². The van der Waals surface area contributed by atoms with Gasteiger partial charge in [0.1, 0.15) is 5.75 Å². The van der Waals surface area contributed by atoms with Gasteiger partial charge in [0.15, 0.2) is 4.96 Å². The summed E-state index contributed by atoms with van der Waals surface area (Å²) in [6.07, 6.45) is 3.79. The van der Waals surface area contributed by atoms with Gasteiger partial charge in [-0.2, -0.15) is 13.9 Å². The quantitative estimate of drug-likeness (QED) is 0.540. The number of aromatic nitrogens is 2. The van der Waals surface area contributed by atoms with Crippen LogP contribution in [0.5, 0.6) is 5.75 Å². The van der Waals surface area contributed by atoms with Crippen LogP contribution in [-0.4, -0.2) is 27.6 Å². The molecule has 0 aliphatic rings. The van der Waals surface area contributed by atoms with Gasteiger partial charge in [-0.05, 0) is 36.8 Å². The van der Waals surface area contributed by atoms with Crippen molar-refractivity contribution in [2.75, 3.05) is 0 Å². The number of halogens is 2. The Labute approximate surface area is 145 Å². The highest BCUT2D eigenvalue weighted by atomic mass is 32.1. The van der Waals surface area contributed by atoms with Gasteiger partial charge >= 0.3 is 6.61 Å². The smallest absolute Gasteiger partial charge is 0.387 e. The van der Waals surface area contributed by atoms with Gasteiger partial charge in [-0.1, -0.05) is 0 Å². The van der Waals surface area contributed by atoms with Gasteiger partial charge in [-0.25, -0.2) is 10.4 Å². The number of imidazole rings is 1. The summed E-state index contributed by atoms with van der Waals surface area (Å²) in [6.45, 7) is -1.16. The van der Waals surface area contributed by atoms with E-state index in [4.69, 9.17) is 0 Å². The zero-order valence-corrected chi connectivity index (χ0v) is 14.0. The Kier molecular flexibility index (Phi) is 5.03. The summed E-state index contributed by atoms with van der Waals surface area (Å²) < 4.78 is 30.4. The number of carbonyl (C=O) groups excluding carboxylic acids is 1. The molecule has 6 nitrogen and oxygen atoms in total. The van der Waals surface area contributed by atoms with Crippen LogP contribution in [0.4, 0.5) is 8.78 Å². The third-order valence-electron chi connectivity index (χ3n) is 3.33. The van der Waals surface area contributed by atoms with Gasteiger partial charge < -0.3 is 4.74 Å².